The highest BCUT2D eigenvalue weighted by atomic mass is 79.9. The van der Waals surface area contributed by atoms with Crippen LogP contribution >= 0.6 is 15.9 Å². The van der Waals surface area contributed by atoms with E-state index in [0.717, 1.165) is 40.1 Å². The minimum atomic E-state index is -0.664. The van der Waals surface area contributed by atoms with Gasteiger partial charge in [0.15, 0.2) is 0 Å². The maximum absolute atomic E-state index is 12.3. The quantitative estimate of drug-likeness (QED) is 0.836. The second kappa shape index (κ2) is 3.75. The fraction of sp³-hybridized carbons (Fsp3) is 0.308. The van der Waals surface area contributed by atoms with E-state index in [4.69, 9.17) is 4.74 Å². The first-order chi connectivity index (χ1) is 8.61. The first-order valence-electron chi connectivity index (χ1n) is 5.73. The van der Waals surface area contributed by atoms with Gasteiger partial charge in [0.25, 0.3) is 0 Å². The zero-order valence-electron chi connectivity index (χ0n) is 9.97. The summed E-state index contributed by atoms with van der Waals surface area (Å²) in [6, 6.07) is 3.71. The zero-order valence-corrected chi connectivity index (χ0v) is 11.6. The maximum Gasteiger partial charge on any atom is 0.241 e. The van der Waals surface area contributed by atoms with E-state index in [-0.39, 0.29) is 5.91 Å². The van der Waals surface area contributed by atoms with E-state index < -0.39 is 5.41 Å². The lowest BCUT2D eigenvalue weighted by Crippen LogP contribution is -2.34. The molecule has 2 aliphatic rings. The third-order valence-corrected chi connectivity index (χ3v) is 4.53. The molecule has 94 valence electrons. The molecule has 1 aromatic carbocycles. The van der Waals surface area contributed by atoms with Gasteiger partial charge in [-0.3, -0.25) is 4.79 Å². The van der Waals surface area contributed by atoms with Crippen LogP contribution in [0, 0.1) is 0 Å². The third kappa shape index (κ3) is 1.22. The van der Waals surface area contributed by atoms with E-state index >= 15 is 0 Å². The van der Waals surface area contributed by atoms with Crippen molar-refractivity contribution in [2.24, 2.45) is 0 Å². The van der Waals surface area contributed by atoms with Crippen molar-refractivity contribution in [3.63, 3.8) is 0 Å². The molecular formula is C13H13BrN2O2. The van der Waals surface area contributed by atoms with Gasteiger partial charge in [-0.2, -0.15) is 0 Å². The zero-order chi connectivity index (χ0) is 12.9. The van der Waals surface area contributed by atoms with Crippen molar-refractivity contribution in [2.75, 3.05) is 19.0 Å². The van der Waals surface area contributed by atoms with Gasteiger partial charge in [0.05, 0.1) is 11.6 Å². The number of benzene rings is 1. The lowest BCUT2D eigenvalue weighted by molar-refractivity contribution is -0.119. The second-order valence-corrected chi connectivity index (χ2v) is 5.31. The van der Waals surface area contributed by atoms with Crippen LogP contribution in [-0.4, -0.2) is 19.6 Å². The number of amides is 1. The summed E-state index contributed by atoms with van der Waals surface area (Å²) in [5.74, 6) is 0.714. The Balaban J connectivity index is 2.29. The first-order valence-corrected chi connectivity index (χ1v) is 6.52. The molecule has 1 unspecified atom stereocenters. The number of hydrogen-bond acceptors (Lipinski definition) is 3. The van der Waals surface area contributed by atoms with Gasteiger partial charge in [-0.05, 0) is 34.5 Å². The summed E-state index contributed by atoms with van der Waals surface area (Å²) < 4.78 is 6.13. The predicted octanol–water partition coefficient (Wildman–Crippen LogP) is 2.15. The molecule has 1 amide bonds. The molecule has 0 radical (unpaired) electrons. The number of nitrogens with one attached hydrogen (secondary N) is 2. The van der Waals surface area contributed by atoms with Crippen LogP contribution in [0.2, 0.25) is 0 Å². The Kier molecular flexibility index (Phi) is 2.41. The molecule has 18 heavy (non-hydrogen) atoms. The molecule has 3 rings (SSSR count). The van der Waals surface area contributed by atoms with Crippen LogP contribution in [0.1, 0.15) is 12.0 Å². The largest absolute Gasteiger partial charge is 0.496 e. The molecule has 1 aromatic rings. The fourth-order valence-electron chi connectivity index (χ4n) is 2.81. The average molecular weight is 309 g/mol. The number of methoxy groups -OCH3 is 1. The normalized spacial score (nSPS) is 25.0. The summed E-state index contributed by atoms with van der Waals surface area (Å²) in [5, 5.41) is 6.10. The fourth-order valence-corrected chi connectivity index (χ4v) is 3.65. The molecular weight excluding hydrogens is 296 g/mol. The number of anilines is 1. The van der Waals surface area contributed by atoms with E-state index in [1.807, 2.05) is 12.1 Å². The first kappa shape index (κ1) is 11.6. The van der Waals surface area contributed by atoms with E-state index in [2.05, 4.69) is 33.1 Å². The highest BCUT2D eigenvalue weighted by Gasteiger charge is 2.53. The number of carbonyl (C=O) groups excluding carboxylic acids is 1. The van der Waals surface area contributed by atoms with Gasteiger partial charge in [0.2, 0.25) is 5.91 Å². The monoisotopic (exact) mass is 308 g/mol. The number of halogens is 1. The standard InChI is InChI=1S/C13H13BrN2O2/c1-7-13(5-6-15-7)10-8(16-12(13)17)3-4-9(18-2)11(10)14/h3-4,15H,1,5-6H2,2H3,(H,16,17). The molecule has 4 nitrogen and oxygen atoms in total. The molecule has 1 spiro atoms. The van der Waals surface area contributed by atoms with Crippen LogP contribution in [0.4, 0.5) is 5.69 Å². The van der Waals surface area contributed by atoms with Gasteiger partial charge in [0, 0.05) is 23.5 Å². The van der Waals surface area contributed by atoms with Crippen molar-refractivity contribution in [3.8, 4) is 5.75 Å². The number of fused-ring (bicyclic) bond motifs is 2. The average Bonchev–Trinajstić information content (AvgIpc) is 2.85. The predicted molar refractivity (Wildman–Crippen MR) is 72.8 cm³/mol. The van der Waals surface area contributed by atoms with E-state index in [9.17, 15) is 4.79 Å². The summed E-state index contributed by atoms with van der Waals surface area (Å²) in [6.07, 6.45) is 0.719. The molecule has 2 N–H and O–H groups in total. The molecule has 1 fully saturated rings. The SMILES string of the molecule is C=C1NCCC12C(=O)Nc1ccc(OC)c(Br)c12. The summed E-state index contributed by atoms with van der Waals surface area (Å²) in [6.45, 7) is 4.76. The van der Waals surface area contributed by atoms with Crippen molar-refractivity contribution < 1.29 is 9.53 Å². The van der Waals surface area contributed by atoms with Crippen molar-refractivity contribution >= 4 is 27.5 Å². The van der Waals surface area contributed by atoms with Crippen LogP contribution < -0.4 is 15.4 Å². The molecule has 0 aromatic heterocycles. The van der Waals surface area contributed by atoms with Crippen LogP contribution in [0.5, 0.6) is 5.75 Å². The molecule has 0 bridgehead atoms. The van der Waals surface area contributed by atoms with Crippen molar-refractivity contribution in [1.82, 2.24) is 5.32 Å². The Morgan fingerprint density at radius 2 is 2.28 bits per heavy atom. The lowest BCUT2D eigenvalue weighted by atomic mass is 9.78. The Bertz CT molecular complexity index is 570. The van der Waals surface area contributed by atoms with E-state index in [1.165, 1.54) is 0 Å². The van der Waals surface area contributed by atoms with Crippen molar-refractivity contribution in [3.05, 3.63) is 34.4 Å². The van der Waals surface area contributed by atoms with Gasteiger partial charge >= 0.3 is 0 Å². The van der Waals surface area contributed by atoms with E-state index in [1.54, 1.807) is 7.11 Å². The molecule has 1 atom stereocenters. The summed E-state index contributed by atoms with van der Waals surface area (Å²) in [7, 11) is 1.62. The molecule has 0 aliphatic carbocycles. The Morgan fingerprint density at radius 3 is 2.89 bits per heavy atom. The van der Waals surface area contributed by atoms with Crippen LogP contribution in [-0.2, 0) is 10.2 Å². The summed E-state index contributed by atoms with van der Waals surface area (Å²) in [4.78, 5) is 12.3. The number of ether oxygens (including phenoxy) is 1. The maximum atomic E-state index is 12.3. The smallest absolute Gasteiger partial charge is 0.241 e. The molecule has 2 heterocycles. The topological polar surface area (TPSA) is 50.4 Å². The Hall–Kier alpha value is -1.49. The van der Waals surface area contributed by atoms with Crippen molar-refractivity contribution in [1.29, 1.82) is 0 Å². The molecule has 2 aliphatic heterocycles. The highest BCUT2D eigenvalue weighted by molar-refractivity contribution is 9.10. The number of carbonyl (C=O) groups is 1. The number of rotatable bonds is 1. The van der Waals surface area contributed by atoms with Gasteiger partial charge in [-0.25, -0.2) is 0 Å². The summed E-state index contributed by atoms with van der Waals surface area (Å²) >= 11 is 3.55. The van der Waals surface area contributed by atoms with Gasteiger partial charge < -0.3 is 15.4 Å². The Labute approximate surface area is 114 Å². The minimum absolute atomic E-state index is 0.0125. The van der Waals surface area contributed by atoms with Gasteiger partial charge in [-0.15, -0.1) is 0 Å². The van der Waals surface area contributed by atoms with Crippen LogP contribution in [0.25, 0.3) is 0 Å². The summed E-state index contributed by atoms with van der Waals surface area (Å²) in [5.41, 5.74) is 1.86. The third-order valence-electron chi connectivity index (χ3n) is 3.74. The lowest BCUT2D eigenvalue weighted by Gasteiger charge is -2.23. The highest BCUT2D eigenvalue weighted by Crippen LogP contribution is 2.51. The minimum Gasteiger partial charge on any atom is -0.496 e. The molecule has 1 saturated heterocycles. The van der Waals surface area contributed by atoms with Gasteiger partial charge in [0.1, 0.15) is 11.2 Å². The van der Waals surface area contributed by atoms with Crippen molar-refractivity contribution in [2.45, 2.75) is 11.8 Å². The molecule has 0 saturated carbocycles. The van der Waals surface area contributed by atoms with Gasteiger partial charge in [-0.1, -0.05) is 6.58 Å². The van der Waals surface area contributed by atoms with Crippen LogP contribution in [0.15, 0.2) is 28.9 Å². The number of hydrogen-bond donors (Lipinski definition) is 2. The van der Waals surface area contributed by atoms with Crippen LogP contribution in [0.3, 0.4) is 0 Å². The van der Waals surface area contributed by atoms with E-state index in [0.29, 0.717) is 0 Å². The second-order valence-electron chi connectivity index (χ2n) is 4.52. The molecule has 5 heteroatoms. The Morgan fingerprint density at radius 1 is 1.50 bits per heavy atom.